The molecule has 2 aromatic heterocycles. The molecule has 5 heteroatoms. The Morgan fingerprint density at radius 2 is 1.94 bits per heavy atom. The molecule has 0 unspecified atom stereocenters. The van der Waals surface area contributed by atoms with E-state index in [0.717, 1.165) is 26.1 Å². The number of aromatic nitrogens is 2. The fourth-order valence-corrected chi connectivity index (χ4v) is 4.86. The predicted molar refractivity (Wildman–Crippen MR) is 72.5 cm³/mol. The van der Waals surface area contributed by atoms with Gasteiger partial charge in [0.2, 0.25) is 0 Å². The summed E-state index contributed by atoms with van der Waals surface area (Å²) in [5.41, 5.74) is 1.76. The number of aromatic amines is 2. The van der Waals surface area contributed by atoms with Gasteiger partial charge >= 0.3 is 106 Å². The first-order chi connectivity index (χ1) is 8.74. The summed E-state index contributed by atoms with van der Waals surface area (Å²) in [5.74, 6) is 0.0611. The summed E-state index contributed by atoms with van der Waals surface area (Å²) < 4.78 is 2.16. The Labute approximate surface area is 107 Å². The number of nitrogens with one attached hydrogen (secondary N) is 2. The van der Waals surface area contributed by atoms with Gasteiger partial charge in [-0.1, -0.05) is 0 Å². The summed E-state index contributed by atoms with van der Waals surface area (Å²) in [7, 11) is 0. The first-order valence-corrected chi connectivity index (χ1v) is 7.20. The monoisotopic (exact) mass is 304 g/mol. The molecule has 3 N–H and O–H groups in total. The molecular weight excluding hydrogens is 295 g/mol. The van der Waals surface area contributed by atoms with Crippen LogP contribution in [0.2, 0.25) is 0 Å². The van der Waals surface area contributed by atoms with Crippen LogP contribution in [0.1, 0.15) is 0 Å². The van der Waals surface area contributed by atoms with Crippen molar-refractivity contribution in [3.8, 4) is 5.75 Å². The van der Waals surface area contributed by atoms with Crippen molar-refractivity contribution in [2.75, 3.05) is 0 Å². The van der Waals surface area contributed by atoms with Gasteiger partial charge in [-0.05, 0) is 0 Å². The minimum atomic E-state index is -0.140. The van der Waals surface area contributed by atoms with Gasteiger partial charge in [-0.15, -0.1) is 0 Å². The van der Waals surface area contributed by atoms with E-state index in [-0.39, 0.29) is 25.7 Å². The zero-order chi connectivity index (χ0) is 12.3. The predicted octanol–water partition coefficient (Wildman–Crippen LogP) is 1.93. The third-order valence-corrected chi connectivity index (χ3v) is 5.44. The Balaban J connectivity index is 2.44. The number of hydrogen-bond acceptors (Lipinski definition) is 2. The molecule has 0 fully saturated rings. The van der Waals surface area contributed by atoms with E-state index in [0.29, 0.717) is 0 Å². The molecule has 0 aliphatic carbocycles. The fourth-order valence-electron chi connectivity index (χ4n) is 2.38. The second kappa shape index (κ2) is 3.28. The van der Waals surface area contributed by atoms with Crippen LogP contribution in [0.25, 0.3) is 30.3 Å². The van der Waals surface area contributed by atoms with E-state index in [9.17, 15) is 9.90 Å². The zero-order valence-electron chi connectivity index (χ0n) is 9.15. The molecule has 2 heterocycles. The molecule has 0 amide bonds. The number of benzene rings is 2. The van der Waals surface area contributed by atoms with Gasteiger partial charge in [0, 0.05) is 0 Å². The third-order valence-electron chi connectivity index (χ3n) is 3.12. The number of hydrogen-bond donors (Lipinski definition) is 3. The van der Waals surface area contributed by atoms with E-state index >= 15 is 0 Å². The fraction of sp³-hybridized carbons (Fsp3) is 0. The van der Waals surface area contributed by atoms with Crippen LogP contribution in [0, 0.1) is 0 Å². The van der Waals surface area contributed by atoms with Gasteiger partial charge in [-0.3, -0.25) is 0 Å². The Morgan fingerprint density at radius 3 is 2.83 bits per heavy atom. The Hall–Kier alpha value is -1.97. The van der Waals surface area contributed by atoms with Crippen molar-refractivity contribution in [3.63, 3.8) is 0 Å². The van der Waals surface area contributed by atoms with Gasteiger partial charge in [-0.25, -0.2) is 0 Å². The summed E-state index contributed by atoms with van der Waals surface area (Å²) in [4.78, 5) is 11.5. The number of H-pyrrole nitrogens is 2. The second-order valence-electron chi connectivity index (χ2n) is 4.22. The molecule has 0 radical (unpaired) electrons. The molecule has 4 nitrogen and oxygen atoms in total. The number of fused-ring (bicyclic) bond motifs is 2. The van der Waals surface area contributed by atoms with E-state index in [2.05, 4.69) is 16.3 Å². The molecule has 0 saturated carbocycles. The van der Waals surface area contributed by atoms with Crippen molar-refractivity contribution >= 4 is 44.8 Å². The molecule has 0 atom stereocenters. The molecule has 18 heavy (non-hydrogen) atoms. The molecule has 4 aromatic rings. The zero-order valence-corrected chi connectivity index (χ0v) is 10.9. The Morgan fingerprint density at radius 1 is 1.06 bits per heavy atom. The van der Waals surface area contributed by atoms with Crippen LogP contribution in [-0.2, 0) is 0 Å². The first kappa shape index (κ1) is 10.00. The van der Waals surface area contributed by atoms with Crippen LogP contribution >= 0.6 is 0 Å². The Kier molecular flexibility index (Phi) is 1.82. The topological polar surface area (TPSA) is 68.9 Å². The van der Waals surface area contributed by atoms with Crippen LogP contribution < -0.4 is 5.43 Å². The average Bonchev–Trinajstić information content (AvgIpc) is 2.74. The van der Waals surface area contributed by atoms with Crippen molar-refractivity contribution in [1.82, 2.24) is 10.2 Å². The summed E-state index contributed by atoms with van der Waals surface area (Å²) in [6, 6.07) is 8.97. The summed E-state index contributed by atoms with van der Waals surface area (Å²) in [5, 5.41) is 18.1. The van der Waals surface area contributed by atoms with Gasteiger partial charge in [0.1, 0.15) is 0 Å². The molecule has 88 valence electrons. The standard InChI is InChI=1S/C13H8N2O2Se/c16-6-4-8(17)12-10(5-6)18-9-3-1-2-7-11(9)13(12)15-14-7/h1-5,14-15,17H. The van der Waals surface area contributed by atoms with E-state index in [1.165, 1.54) is 10.3 Å². The van der Waals surface area contributed by atoms with E-state index in [4.69, 9.17) is 0 Å². The summed E-state index contributed by atoms with van der Waals surface area (Å²) >= 11 is 0.0514. The number of rotatable bonds is 0. The SMILES string of the molecule is O=c1cc(O)c2c(c1)[se]c1cccc3[nH][nH]c2c31. The normalized spacial score (nSPS) is 11.8. The molecule has 0 bridgehead atoms. The van der Waals surface area contributed by atoms with Gasteiger partial charge in [0.05, 0.1) is 0 Å². The van der Waals surface area contributed by atoms with Crippen molar-refractivity contribution in [3.05, 3.63) is 40.6 Å². The van der Waals surface area contributed by atoms with Crippen LogP contribution in [0.4, 0.5) is 0 Å². The number of phenols is 1. The van der Waals surface area contributed by atoms with Crippen molar-refractivity contribution in [2.45, 2.75) is 0 Å². The van der Waals surface area contributed by atoms with Crippen LogP contribution in [-0.4, -0.2) is 29.8 Å². The van der Waals surface area contributed by atoms with E-state index in [1.807, 2.05) is 12.1 Å². The molecule has 4 rings (SSSR count). The molecule has 0 aliphatic heterocycles. The number of aromatic hydroxyl groups is 1. The maximum absolute atomic E-state index is 11.5. The van der Waals surface area contributed by atoms with E-state index in [1.54, 1.807) is 6.07 Å². The van der Waals surface area contributed by atoms with Crippen molar-refractivity contribution in [1.29, 1.82) is 0 Å². The molecule has 0 aliphatic rings. The van der Waals surface area contributed by atoms with Crippen LogP contribution in [0.5, 0.6) is 5.75 Å². The number of phenolic OH excluding ortho intramolecular Hbond substituents is 1. The van der Waals surface area contributed by atoms with Crippen molar-refractivity contribution in [2.24, 2.45) is 0 Å². The van der Waals surface area contributed by atoms with E-state index < -0.39 is 0 Å². The average molecular weight is 303 g/mol. The minimum absolute atomic E-state index is 0.0514. The van der Waals surface area contributed by atoms with Crippen LogP contribution in [0.3, 0.4) is 0 Å². The molecule has 0 saturated heterocycles. The maximum atomic E-state index is 11.5. The van der Waals surface area contributed by atoms with Gasteiger partial charge in [0.15, 0.2) is 0 Å². The molecular formula is C13H8N2O2Se. The summed E-state index contributed by atoms with van der Waals surface area (Å²) in [6.45, 7) is 0. The summed E-state index contributed by atoms with van der Waals surface area (Å²) in [6.07, 6.45) is 0. The third kappa shape index (κ3) is 1.17. The van der Waals surface area contributed by atoms with Gasteiger partial charge in [-0.2, -0.15) is 0 Å². The first-order valence-electron chi connectivity index (χ1n) is 5.48. The van der Waals surface area contributed by atoms with Gasteiger partial charge < -0.3 is 0 Å². The molecule has 2 aromatic carbocycles. The van der Waals surface area contributed by atoms with Gasteiger partial charge in [0.25, 0.3) is 0 Å². The van der Waals surface area contributed by atoms with Crippen molar-refractivity contribution < 1.29 is 5.11 Å². The van der Waals surface area contributed by atoms with Crippen LogP contribution in [0.15, 0.2) is 35.1 Å². The quantitative estimate of drug-likeness (QED) is 0.343. The second-order valence-corrected chi connectivity index (χ2v) is 6.50. The Bertz CT molecular complexity index is 962. The molecule has 0 spiro atoms.